The number of nitrogens with one attached hydrogen (secondary N) is 1. The summed E-state index contributed by atoms with van der Waals surface area (Å²) in [5.74, 6) is -0.0391. The minimum absolute atomic E-state index is 0.0724. The minimum atomic E-state index is -0.634. The first-order valence-corrected chi connectivity index (χ1v) is 7.70. The number of nitrogens with zero attached hydrogens (tertiary/aromatic N) is 1. The van der Waals surface area contributed by atoms with E-state index in [-0.39, 0.29) is 11.7 Å². The van der Waals surface area contributed by atoms with E-state index in [4.69, 9.17) is 0 Å². The number of H-pyrrole nitrogens is 1. The number of aliphatic hydroxyl groups is 1. The first-order valence-electron chi connectivity index (χ1n) is 6.82. The maximum absolute atomic E-state index is 12.6. The topological polar surface area (TPSA) is 66.0 Å². The molecule has 108 valence electrons. The molecule has 0 aliphatic carbocycles. The first-order chi connectivity index (χ1) is 10.1. The monoisotopic (exact) mass is 300 g/mol. The summed E-state index contributed by atoms with van der Waals surface area (Å²) in [4.78, 5) is 20.0. The highest BCUT2D eigenvalue weighted by atomic mass is 32.1. The predicted octanol–water partition coefficient (Wildman–Crippen LogP) is 3.54. The van der Waals surface area contributed by atoms with Gasteiger partial charge in [0, 0.05) is 22.5 Å². The molecular weight excluding hydrogens is 284 g/mol. The third-order valence-electron chi connectivity index (χ3n) is 3.48. The van der Waals surface area contributed by atoms with E-state index >= 15 is 0 Å². The molecule has 5 heteroatoms. The van der Waals surface area contributed by atoms with E-state index in [1.807, 2.05) is 38.1 Å². The van der Waals surface area contributed by atoms with Crippen molar-refractivity contribution in [3.05, 3.63) is 52.1 Å². The summed E-state index contributed by atoms with van der Waals surface area (Å²) in [7, 11) is 0. The van der Waals surface area contributed by atoms with Crippen LogP contribution in [0.2, 0.25) is 0 Å². The van der Waals surface area contributed by atoms with Crippen molar-refractivity contribution in [2.24, 2.45) is 5.92 Å². The molecule has 2 N–H and O–H groups in total. The molecule has 1 aromatic carbocycles. The second kappa shape index (κ2) is 5.42. The van der Waals surface area contributed by atoms with E-state index < -0.39 is 6.10 Å². The fraction of sp³-hybridized carbons (Fsp3) is 0.250. The largest absolute Gasteiger partial charge is 0.387 e. The third-order valence-corrected chi connectivity index (χ3v) is 4.34. The van der Waals surface area contributed by atoms with Crippen LogP contribution in [0.25, 0.3) is 10.9 Å². The molecule has 3 rings (SSSR count). The van der Waals surface area contributed by atoms with Crippen LogP contribution in [0.1, 0.15) is 41.0 Å². The fourth-order valence-electron chi connectivity index (χ4n) is 2.24. The van der Waals surface area contributed by atoms with Crippen LogP contribution >= 0.6 is 11.3 Å². The molecule has 0 unspecified atom stereocenters. The molecule has 2 aromatic heterocycles. The van der Waals surface area contributed by atoms with Crippen LogP contribution in [-0.4, -0.2) is 20.9 Å². The second-order valence-electron chi connectivity index (χ2n) is 5.34. The molecule has 3 aromatic rings. The Bertz CT molecular complexity index is 788. The van der Waals surface area contributed by atoms with E-state index in [1.165, 1.54) is 11.3 Å². The van der Waals surface area contributed by atoms with E-state index in [9.17, 15) is 9.90 Å². The van der Waals surface area contributed by atoms with Gasteiger partial charge in [0.15, 0.2) is 5.01 Å². The number of aromatic amines is 1. The highest BCUT2D eigenvalue weighted by Crippen LogP contribution is 2.26. The Kier molecular flexibility index (Phi) is 3.61. The van der Waals surface area contributed by atoms with E-state index in [0.29, 0.717) is 16.3 Å². The number of thiazole rings is 1. The maximum Gasteiger partial charge on any atom is 0.223 e. The molecule has 0 spiro atoms. The molecule has 4 nitrogen and oxygen atoms in total. The summed E-state index contributed by atoms with van der Waals surface area (Å²) in [6.45, 7) is 3.84. The van der Waals surface area contributed by atoms with Gasteiger partial charge < -0.3 is 10.1 Å². The van der Waals surface area contributed by atoms with Gasteiger partial charge in [-0.25, -0.2) is 4.98 Å². The Hall–Kier alpha value is -1.98. The van der Waals surface area contributed by atoms with Crippen LogP contribution in [0.5, 0.6) is 0 Å². The third kappa shape index (κ3) is 2.50. The van der Waals surface area contributed by atoms with Crippen LogP contribution < -0.4 is 0 Å². The van der Waals surface area contributed by atoms with Crippen molar-refractivity contribution >= 4 is 28.0 Å². The summed E-state index contributed by atoms with van der Waals surface area (Å²) in [6.07, 6.45) is 1.08. The molecule has 0 aliphatic rings. The lowest BCUT2D eigenvalue weighted by Crippen LogP contribution is -2.07. The van der Waals surface area contributed by atoms with Gasteiger partial charge in [-0.2, -0.15) is 0 Å². The summed E-state index contributed by atoms with van der Waals surface area (Å²) >= 11 is 1.28. The van der Waals surface area contributed by atoms with Gasteiger partial charge in [0.25, 0.3) is 0 Å². The number of hydrogen-bond acceptors (Lipinski definition) is 4. The second-order valence-corrected chi connectivity index (χ2v) is 6.20. The van der Waals surface area contributed by atoms with Crippen LogP contribution in [0.4, 0.5) is 0 Å². The number of rotatable bonds is 4. The summed E-state index contributed by atoms with van der Waals surface area (Å²) < 4.78 is 0. The van der Waals surface area contributed by atoms with Gasteiger partial charge in [-0.15, -0.1) is 11.3 Å². The Morgan fingerprint density at radius 2 is 2.10 bits per heavy atom. The molecule has 0 aliphatic heterocycles. The number of benzene rings is 1. The van der Waals surface area contributed by atoms with Crippen LogP contribution in [0.15, 0.2) is 35.8 Å². The smallest absolute Gasteiger partial charge is 0.223 e. The molecule has 0 fully saturated rings. The fourth-order valence-corrected chi connectivity index (χ4v) is 3.04. The normalized spacial score (nSPS) is 13.0. The number of para-hydroxylation sites is 1. The molecule has 1 atom stereocenters. The maximum atomic E-state index is 12.6. The Morgan fingerprint density at radius 3 is 2.86 bits per heavy atom. The van der Waals surface area contributed by atoms with Gasteiger partial charge in [-0.1, -0.05) is 32.0 Å². The van der Waals surface area contributed by atoms with Crippen molar-refractivity contribution in [3.8, 4) is 0 Å². The first kappa shape index (κ1) is 14.0. The molecule has 21 heavy (non-hydrogen) atoms. The van der Waals surface area contributed by atoms with Gasteiger partial charge >= 0.3 is 0 Å². The van der Waals surface area contributed by atoms with Gasteiger partial charge in [0.2, 0.25) is 5.78 Å². The number of hydrogen-bond donors (Lipinski definition) is 2. The SMILES string of the molecule is CC(C)[C@@H](O)c1csc(C(=O)c2c[nH]c3ccccc23)n1. The number of aromatic nitrogens is 2. The van der Waals surface area contributed by atoms with Crippen molar-refractivity contribution in [3.63, 3.8) is 0 Å². The molecule has 0 saturated carbocycles. The number of carbonyl (C=O) groups excluding carboxylic acids is 1. The van der Waals surface area contributed by atoms with Crippen LogP contribution in [0, 0.1) is 5.92 Å². The van der Waals surface area contributed by atoms with Gasteiger partial charge in [0.1, 0.15) is 0 Å². The molecule has 0 bridgehead atoms. The molecular formula is C16H16N2O2S. The summed E-state index contributed by atoms with van der Waals surface area (Å²) in [5.41, 5.74) is 2.11. The summed E-state index contributed by atoms with van der Waals surface area (Å²) in [5, 5.41) is 13.1. The van der Waals surface area contributed by atoms with Gasteiger partial charge in [-0.3, -0.25) is 4.79 Å². The number of ketones is 1. The molecule has 0 amide bonds. The van der Waals surface area contributed by atoms with Gasteiger partial charge in [-0.05, 0) is 12.0 Å². The van der Waals surface area contributed by atoms with Gasteiger partial charge in [0.05, 0.1) is 17.4 Å². The Balaban J connectivity index is 1.96. The lowest BCUT2D eigenvalue weighted by molar-refractivity contribution is 0.103. The number of fused-ring (bicyclic) bond motifs is 1. The Morgan fingerprint density at radius 1 is 1.33 bits per heavy atom. The van der Waals surface area contributed by atoms with Crippen LogP contribution in [0.3, 0.4) is 0 Å². The average molecular weight is 300 g/mol. The highest BCUT2D eigenvalue weighted by Gasteiger charge is 2.21. The van der Waals surface area contributed by atoms with E-state index in [2.05, 4.69) is 9.97 Å². The van der Waals surface area contributed by atoms with E-state index in [1.54, 1.807) is 11.6 Å². The van der Waals surface area contributed by atoms with E-state index in [0.717, 1.165) is 10.9 Å². The zero-order chi connectivity index (χ0) is 15.0. The van der Waals surface area contributed by atoms with Crippen molar-refractivity contribution < 1.29 is 9.90 Å². The zero-order valence-electron chi connectivity index (χ0n) is 11.8. The molecule has 2 heterocycles. The summed E-state index contributed by atoms with van der Waals surface area (Å²) in [6, 6.07) is 7.68. The lowest BCUT2D eigenvalue weighted by atomic mass is 10.1. The van der Waals surface area contributed by atoms with Crippen LogP contribution in [-0.2, 0) is 0 Å². The Labute approximate surface area is 126 Å². The minimum Gasteiger partial charge on any atom is -0.387 e. The number of aliphatic hydroxyl groups excluding tert-OH is 1. The van der Waals surface area contributed by atoms with Crippen molar-refractivity contribution in [1.29, 1.82) is 0 Å². The van der Waals surface area contributed by atoms with Crippen molar-refractivity contribution in [1.82, 2.24) is 9.97 Å². The predicted molar refractivity (Wildman–Crippen MR) is 83.6 cm³/mol. The lowest BCUT2D eigenvalue weighted by Gasteiger charge is -2.10. The quantitative estimate of drug-likeness (QED) is 0.724. The number of carbonyl (C=O) groups is 1. The van der Waals surface area contributed by atoms with Crippen molar-refractivity contribution in [2.75, 3.05) is 0 Å². The average Bonchev–Trinajstić information content (AvgIpc) is 3.12. The standard InChI is InChI=1S/C16H16N2O2S/c1-9(2)14(19)13-8-21-16(18-13)15(20)11-7-17-12-6-4-3-5-10(11)12/h3-9,14,17,19H,1-2H3/t14-/m1/s1. The molecule has 0 radical (unpaired) electrons. The highest BCUT2D eigenvalue weighted by molar-refractivity contribution is 7.12. The van der Waals surface area contributed by atoms with Crippen molar-refractivity contribution in [2.45, 2.75) is 20.0 Å². The molecule has 0 saturated heterocycles. The zero-order valence-corrected chi connectivity index (χ0v) is 12.6.